The van der Waals surface area contributed by atoms with Crippen molar-refractivity contribution in [2.45, 2.75) is 37.9 Å². The van der Waals surface area contributed by atoms with Gasteiger partial charge in [-0.3, -0.25) is 4.79 Å². The molecule has 2 aromatic rings. The van der Waals surface area contributed by atoms with Gasteiger partial charge in [-0.05, 0) is 19.4 Å². The number of carbonyl (C=O) groups excluding carboxylic acids is 1. The summed E-state index contributed by atoms with van der Waals surface area (Å²) in [6, 6.07) is 8.34. The Hall–Kier alpha value is -1.79. The van der Waals surface area contributed by atoms with E-state index in [-0.39, 0.29) is 19.1 Å². The minimum atomic E-state index is -0.127. The van der Waals surface area contributed by atoms with Crippen molar-refractivity contribution in [3.05, 3.63) is 47.3 Å². The SMILES string of the molecule is CCNC(=O)Cn1c(CO)cnc1SCc1ccc(C)cc1. The molecule has 1 aromatic heterocycles. The van der Waals surface area contributed by atoms with Gasteiger partial charge in [0, 0.05) is 12.3 Å². The molecule has 2 N–H and O–H groups in total. The topological polar surface area (TPSA) is 67.2 Å². The fourth-order valence-electron chi connectivity index (χ4n) is 2.03. The van der Waals surface area contributed by atoms with E-state index in [0.717, 1.165) is 10.9 Å². The van der Waals surface area contributed by atoms with E-state index in [0.29, 0.717) is 12.2 Å². The summed E-state index contributed by atoms with van der Waals surface area (Å²) in [7, 11) is 0. The Morgan fingerprint density at radius 2 is 2.09 bits per heavy atom. The Morgan fingerprint density at radius 1 is 1.36 bits per heavy atom. The number of carbonyl (C=O) groups is 1. The maximum Gasteiger partial charge on any atom is 0.240 e. The summed E-state index contributed by atoms with van der Waals surface area (Å²) < 4.78 is 1.77. The number of rotatable bonds is 7. The summed E-state index contributed by atoms with van der Waals surface area (Å²) in [4.78, 5) is 16.1. The Bertz CT molecular complexity index is 623. The van der Waals surface area contributed by atoms with Crippen molar-refractivity contribution >= 4 is 17.7 Å². The minimum Gasteiger partial charge on any atom is -0.390 e. The molecule has 118 valence electrons. The molecule has 22 heavy (non-hydrogen) atoms. The molecule has 0 unspecified atom stereocenters. The van der Waals surface area contributed by atoms with Crippen LogP contribution in [0.4, 0.5) is 0 Å². The predicted molar refractivity (Wildman–Crippen MR) is 87.6 cm³/mol. The maximum atomic E-state index is 11.8. The highest BCUT2D eigenvalue weighted by atomic mass is 32.2. The highest BCUT2D eigenvalue weighted by Gasteiger charge is 2.13. The molecule has 1 heterocycles. The van der Waals surface area contributed by atoms with Gasteiger partial charge in [0.25, 0.3) is 0 Å². The predicted octanol–water partition coefficient (Wildman–Crippen LogP) is 2.11. The first-order valence-corrected chi connectivity index (χ1v) is 8.23. The second-order valence-electron chi connectivity index (χ2n) is 5.00. The van der Waals surface area contributed by atoms with Gasteiger partial charge in [-0.1, -0.05) is 41.6 Å². The molecule has 0 aliphatic heterocycles. The van der Waals surface area contributed by atoms with Crippen LogP contribution in [0.1, 0.15) is 23.7 Å². The van der Waals surface area contributed by atoms with Gasteiger partial charge < -0.3 is 15.0 Å². The number of aryl methyl sites for hydroxylation is 1. The van der Waals surface area contributed by atoms with E-state index in [1.165, 1.54) is 11.1 Å². The number of likely N-dealkylation sites (N-methyl/N-ethyl adjacent to an activating group) is 1. The molecule has 6 heteroatoms. The molecule has 0 aliphatic carbocycles. The van der Waals surface area contributed by atoms with Gasteiger partial charge in [0.15, 0.2) is 5.16 Å². The average Bonchev–Trinajstić information content (AvgIpc) is 2.89. The highest BCUT2D eigenvalue weighted by Crippen LogP contribution is 2.23. The van der Waals surface area contributed by atoms with Crippen molar-refractivity contribution in [1.82, 2.24) is 14.9 Å². The van der Waals surface area contributed by atoms with Gasteiger partial charge in [-0.25, -0.2) is 4.98 Å². The van der Waals surface area contributed by atoms with Crippen molar-refractivity contribution in [2.75, 3.05) is 6.54 Å². The summed E-state index contributed by atoms with van der Waals surface area (Å²) in [5.41, 5.74) is 3.08. The van der Waals surface area contributed by atoms with Crippen LogP contribution in [0, 0.1) is 6.92 Å². The third kappa shape index (κ3) is 4.35. The number of amides is 1. The normalized spacial score (nSPS) is 10.7. The molecule has 5 nitrogen and oxygen atoms in total. The summed E-state index contributed by atoms with van der Waals surface area (Å²) in [6.07, 6.45) is 1.62. The number of nitrogens with zero attached hydrogens (tertiary/aromatic N) is 2. The van der Waals surface area contributed by atoms with Gasteiger partial charge in [0.1, 0.15) is 6.54 Å². The number of thioether (sulfide) groups is 1. The van der Waals surface area contributed by atoms with Crippen molar-refractivity contribution in [3.63, 3.8) is 0 Å². The van der Waals surface area contributed by atoms with Crippen LogP contribution in [0.15, 0.2) is 35.6 Å². The molecule has 1 amide bonds. The highest BCUT2D eigenvalue weighted by molar-refractivity contribution is 7.98. The molecule has 0 fully saturated rings. The van der Waals surface area contributed by atoms with Gasteiger partial charge in [-0.15, -0.1) is 0 Å². The van der Waals surface area contributed by atoms with Crippen LogP contribution < -0.4 is 5.32 Å². The van der Waals surface area contributed by atoms with Crippen LogP contribution in [0.25, 0.3) is 0 Å². The Balaban J connectivity index is 2.08. The molecular weight excluding hydrogens is 298 g/mol. The van der Waals surface area contributed by atoms with E-state index < -0.39 is 0 Å². The second kappa shape index (κ2) is 8.00. The molecule has 0 aliphatic rings. The quantitative estimate of drug-likeness (QED) is 0.767. The number of aliphatic hydroxyl groups is 1. The summed E-state index contributed by atoms with van der Waals surface area (Å²) in [6.45, 7) is 4.58. The number of hydrogen-bond acceptors (Lipinski definition) is 4. The molecular formula is C16H21N3O2S. The second-order valence-corrected chi connectivity index (χ2v) is 5.95. The number of aliphatic hydroxyl groups excluding tert-OH is 1. The smallest absolute Gasteiger partial charge is 0.240 e. The first-order valence-electron chi connectivity index (χ1n) is 7.24. The van der Waals surface area contributed by atoms with Crippen LogP contribution in [0.3, 0.4) is 0 Å². The first-order chi connectivity index (χ1) is 10.6. The minimum absolute atomic E-state index is 0.0765. The fourth-order valence-corrected chi connectivity index (χ4v) is 2.98. The third-order valence-electron chi connectivity index (χ3n) is 3.23. The molecule has 0 bridgehead atoms. The molecule has 0 saturated carbocycles. The lowest BCUT2D eigenvalue weighted by Gasteiger charge is -2.10. The standard InChI is InChI=1S/C16H21N3O2S/c1-3-17-15(21)9-19-14(10-20)8-18-16(19)22-11-13-6-4-12(2)5-7-13/h4-8,20H,3,9-11H2,1-2H3,(H,17,21). The van der Waals surface area contributed by atoms with Gasteiger partial charge in [0.2, 0.25) is 5.91 Å². The fraction of sp³-hybridized carbons (Fsp3) is 0.375. The van der Waals surface area contributed by atoms with Crippen LogP contribution in [-0.4, -0.2) is 27.1 Å². The van der Waals surface area contributed by atoms with E-state index in [1.807, 2.05) is 6.92 Å². The van der Waals surface area contributed by atoms with Crippen molar-refractivity contribution in [3.8, 4) is 0 Å². The van der Waals surface area contributed by atoms with Gasteiger partial charge >= 0.3 is 0 Å². The van der Waals surface area contributed by atoms with Gasteiger partial charge in [0.05, 0.1) is 18.5 Å². The number of benzene rings is 1. The lowest BCUT2D eigenvalue weighted by Crippen LogP contribution is -2.28. The van der Waals surface area contributed by atoms with Crippen molar-refractivity contribution < 1.29 is 9.90 Å². The van der Waals surface area contributed by atoms with Gasteiger partial charge in [-0.2, -0.15) is 0 Å². The summed E-state index contributed by atoms with van der Waals surface area (Å²) in [5, 5.41) is 12.9. The third-order valence-corrected chi connectivity index (χ3v) is 4.29. The van der Waals surface area contributed by atoms with E-state index >= 15 is 0 Å². The summed E-state index contributed by atoms with van der Waals surface area (Å²) in [5.74, 6) is 0.699. The van der Waals surface area contributed by atoms with Crippen molar-refractivity contribution in [2.24, 2.45) is 0 Å². The molecule has 0 saturated heterocycles. The molecule has 2 rings (SSSR count). The van der Waals surface area contributed by atoms with Crippen LogP contribution in [0.2, 0.25) is 0 Å². The molecule has 0 atom stereocenters. The lowest BCUT2D eigenvalue weighted by molar-refractivity contribution is -0.121. The molecule has 0 spiro atoms. The summed E-state index contributed by atoms with van der Waals surface area (Å²) >= 11 is 1.56. The van der Waals surface area contributed by atoms with Crippen molar-refractivity contribution in [1.29, 1.82) is 0 Å². The molecule has 1 aromatic carbocycles. The molecule has 0 radical (unpaired) electrons. The number of imidazole rings is 1. The largest absolute Gasteiger partial charge is 0.390 e. The first kappa shape index (κ1) is 16.6. The Kier molecular flexibility index (Phi) is 6.03. The maximum absolute atomic E-state index is 11.8. The number of hydrogen-bond donors (Lipinski definition) is 2. The monoisotopic (exact) mass is 319 g/mol. The van der Waals surface area contributed by atoms with Crippen LogP contribution in [-0.2, 0) is 23.7 Å². The Morgan fingerprint density at radius 3 is 2.73 bits per heavy atom. The number of aromatic nitrogens is 2. The average molecular weight is 319 g/mol. The lowest BCUT2D eigenvalue weighted by atomic mass is 10.2. The Labute approximate surface area is 134 Å². The van der Waals surface area contributed by atoms with E-state index in [2.05, 4.69) is 41.5 Å². The zero-order valence-corrected chi connectivity index (χ0v) is 13.7. The zero-order chi connectivity index (χ0) is 15.9. The van der Waals surface area contributed by atoms with E-state index in [9.17, 15) is 9.90 Å². The van der Waals surface area contributed by atoms with E-state index in [1.54, 1.807) is 22.5 Å². The van der Waals surface area contributed by atoms with Crippen LogP contribution >= 0.6 is 11.8 Å². The van der Waals surface area contributed by atoms with Crippen LogP contribution in [0.5, 0.6) is 0 Å². The zero-order valence-electron chi connectivity index (χ0n) is 12.9. The number of nitrogens with one attached hydrogen (secondary N) is 1. The van der Waals surface area contributed by atoms with E-state index in [4.69, 9.17) is 0 Å².